The second-order valence-electron chi connectivity index (χ2n) is 5.96. The maximum absolute atomic E-state index is 14.4. The first-order chi connectivity index (χ1) is 12.3. The van der Waals surface area contributed by atoms with E-state index in [0.717, 1.165) is 17.0 Å². The molecule has 26 heavy (non-hydrogen) atoms. The highest BCUT2D eigenvalue weighted by atomic mass is 35.5. The number of nitrogens with two attached hydrogens (primary N) is 1. The molecule has 2 heterocycles. The van der Waals surface area contributed by atoms with E-state index in [9.17, 15) is 9.18 Å². The Morgan fingerprint density at radius 1 is 1.23 bits per heavy atom. The van der Waals surface area contributed by atoms with Gasteiger partial charge in [0.2, 0.25) is 5.91 Å². The van der Waals surface area contributed by atoms with Crippen molar-refractivity contribution in [3.05, 3.63) is 52.3 Å². The fraction of sp³-hybridized carbons (Fsp3) is 0.222. The van der Waals surface area contributed by atoms with Crippen molar-refractivity contribution < 1.29 is 9.18 Å². The van der Waals surface area contributed by atoms with Crippen LogP contribution in [0.4, 0.5) is 4.39 Å². The van der Waals surface area contributed by atoms with Gasteiger partial charge in [0.25, 0.3) is 0 Å². The summed E-state index contributed by atoms with van der Waals surface area (Å²) in [6.07, 6.45) is -0.161. The lowest BCUT2D eigenvalue weighted by molar-refractivity contribution is -0.117. The van der Waals surface area contributed by atoms with E-state index in [2.05, 4.69) is 15.1 Å². The Kier molecular flexibility index (Phi) is 4.73. The van der Waals surface area contributed by atoms with Gasteiger partial charge in [-0.25, -0.2) is 14.4 Å². The Morgan fingerprint density at radius 2 is 1.88 bits per heavy atom. The highest BCUT2D eigenvalue weighted by Gasteiger charge is 2.19. The predicted octanol–water partition coefficient (Wildman–Crippen LogP) is 2.98. The van der Waals surface area contributed by atoms with Gasteiger partial charge in [0.1, 0.15) is 11.6 Å². The van der Waals surface area contributed by atoms with Crippen LogP contribution in [-0.4, -0.2) is 25.7 Å². The summed E-state index contributed by atoms with van der Waals surface area (Å²) in [6, 6.07) is 6.04. The van der Waals surface area contributed by atoms with E-state index in [4.69, 9.17) is 17.3 Å². The third-order valence-corrected chi connectivity index (χ3v) is 4.40. The number of halogens is 2. The molecule has 2 N–H and O–H groups in total. The zero-order chi connectivity index (χ0) is 19.0. The molecule has 3 aromatic rings. The minimum atomic E-state index is -0.577. The number of benzene rings is 1. The van der Waals surface area contributed by atoms with Gasteiger partial charge in [-0.2, -0.15) is 5.10 Å². The SMILES string of the molecule is Cc1nn(C)c(C)c1-c1cc(-c2c(F)cccc2Cl)nc(CC(N)=O)n1. The van der Waals surface area contributed by atoms with Crippen LogP contribution in [0.2, 0.25) is 5.02 Å². The molecule has 6 nitrogen and oxygen atoms in total. The molecule has 3 rings (SSSR count). The highest BCUT2D eigenvalue weighted by molar-refractivity contribution is 6.33. The minimum absolute atomic E-state index is 0.155. The summed E-state index contributed by atoms with van der Waals surface area (Å²) in [5.41, 5.74) is 8.72. The van der Waals surface area contributed by atoms with Crippen molar-refractivity contribution >= 4 is 17.5 Å². The van der Waals surface area contributed by atoms with E-state index in [1.165, 1.54) is 12.1 Å². The number of nitrogens with zero attached hydrogens (tertiary/aromatic N) is 4. The normalized spacial score (nSPS) is 11.0. The van der Waals surface area contributed by atoms with Crippen molar-refractivity contribution in [1.82, 2.24) is 19.7 Å². The van der Waals surface area contributed by atoms with Gasteiger partial charge in [0.15, 0.2) is 0 Å². The molecule has 0 aliphatic heterocycles. The first kappa shape index (κ1) is 18.0. The summed E-state index contributed by atoms with van der Waals surface area (Å²) >= 11 is 6.18. The third-order valence-electron chi connectivity index (χ3n) is 4.09. The summed E-state index contributed by atoms with van der Waals surface area (Å²) in [5.74, 6) is -0.883. The number of aromatic nitrogens is 4. The Hall–Kier alpha value is -2.80. The van der Waals surface area contributed by atoms with Gasteiger partial charge in [-0.1, -0.05) is 17.7 Å². The predicted molar refractivity (Wildman–Crippen MR) is 97.0 cm³/mol. The number of carbonyl (C=O) groups is 1. The highest BCUT2D eigenvalue weighted by Crippen LogP contribution is 2.33. The summed E-state index contributed by atoms with van der Waals surface area (Å²) in [5, 5.41) is 4.60. The second-order valence-corrected chi connectivity index (χ2v) is 6.37. The Bertz CT molecular complexity index is 995. The Morgan fingerprint density at radius 3 is 2.42 bits per heavy atom. The molecule has 0 saturated heterocycles. The number of primary amides is 1. The smallest absolute Gasteiger partial charge is 0.225 e. The summed E-state index contributed by atoms with van der Waals surface area (Å²) in [6.45, 7) is 3.76. The second kappa shape index (κ2) is 6.84. The maximum atomic E-state index is 14.4. The lowest BCUT2D eigenvalue weighted by Crippen LogP contribution is -2.16. The number of carbonyl (C=O) groups excluding carboxylic acids is 1. The molecule has 0 bridgehead atoms. The molecule has 1 amide bonds. The molecule has 8 heteroatoms. The van der Waals surface area contributed by atoms with Crippen molar-refractivity contribution in [3.63, 3.8) is 0 Å². The molecular formula is C18H17ClFN5O. The van der Waals surface area contributed by atoms with Gasteiger partial charge in [-0.3, -0.25) is 9.48 Å². The van der Waals surface area contributed by atoms with E-state index >= 15 is 0 Å². The van der Waals surface area contributed by atoms with Crippen LogP contribution in [0.15, 0.2) is 24.3 Å². The summed E-state index contributed by atoms with van der Waals surface area (Å²) in [7, 11) is 1.83. The lowest BCUT2D eigenvalue weighted by Gasteiger charge is -2.10. The summed E-state index contributed by atoms with van der Waals surface area (Å²) < 4.78 is 16.1. The number of hydrogen-bond donors (Lipinski definition) is 1. The van der Waals surface area contributed by atoms with E-state index in [1.807, 2.05) is 20.9 Å². The standard InChI is InChI=1S/C18H17ClFN5O/c1-9-17(10(2)25(3)24-9)13-7-14(23-16(22-13)8-15(21)26)18-11(19)5-4-6-12(18)20/h4-7H,8H2,1-3H3,(H2,21,26). The van der Waals surface area contributed by atoms with Gasteiger partial charge in [-0.05, 0) is 32.0 Å². The van der Waals surface area contributed by atoms with Gasteiger partial charge in [0, 0.05) is 18.3 Å². The average molecular weight is 374 g/mol. The first-order valence-corrected chi connectivity index (χ1v) is 8.27. The molecule has 0 unspecified atom stereocenters. The third kappa shape index (κ3) is 3.30. The minimum Gasteiger partial charge on any atom is -0.369 e. The van der Waals surface area contributed by atoms with Crippen LogP contribution < -0.4 is 5.73 Å². The van der Waals surface area contributed by atoms with Crippen LogP contribution >= 0.6 is 11.6 Å². The molecule has 0 fully saturated rings. The Labute approximate surface area is 154 Å². The van der Waals surface area contributed by atoms with Gasteiger partial charge in [0.05, 0.1) is 34.1 Å². The van der Waals surface area contributed by atoms with E-state index in [0.29, 0.717) is 5.69 Å². The number of aryl methyl sites for hydroxylation is 2. The lowest BCUT2D eigenvalue weighted by atomic mass is 10.1. The van der Waals surface area contributed by atoms with Crippen LogP contribution in [0.3, 0.4) is 0 Å². The number of hydrogen-bond acceptors (Lipinski definition) is 4. The maximum Gasteiger partial charge on any atom is 0.225 e. The molecule has 0 spiro atoms. The molecule has 0 atom stereocenters. The monoisotopic (exact) mass is 373 g/mol. The van der Waals surface area contributed by atoms with Crippen LogP contribution in [-0.2, 0) is 18.3 Å². The number of rotatable bonds is 4. The van der Waals surface area contributed by atoms with Crippen LogP contribution in [0.5, 0.6) is 0 Å². The topological polar surface area (TPSA) is 86.7 Å². The zero-order valence-electron chi connectivity index (χ0n) is 14.5. The molecule has 0 saturated carbocycles. The van der Waals surface area contributed by atoms with Crippen LogP contribution in [0, 0.1) is 19.7 Å². The first-order valence-electron chi connectivity index (χ1n) is 7.89. The molecule has 0 aliphatic rings. The fourth-order valence-electron chi connectivity index (χ4n) is 2.87. The quantitative estimate of drug-likeness (QED) is 0.761. The molecule has 134 valence electrons. The summed E-state index contributed by atoms with van der Waals surface area (Å²) in [4.78, 5) is 20.1. The van der Waals surface area contributed by atoms with Crippen molar-refractivity contribution in [1.29, 1.82) is 0 Å². The molecule has 0 aliphatic carbocycles. The molecule has 1 aromatic carbocycles. The number of amides is 1. The van der Waals surface area contributed by atoms with E-state index in [-0.39, 0.29) is 28.5 Å². The van der Waals surface area contributed by atoms with E-state index < -0.39 is 11.7 Å². The van der Waals surface area contributed by atoms with E-state index in [1.54, 1.807) is 16.8 Å². The van der Waals surface area contributed by atoms with Gasteiger partial charge < -0.3 is 5.73 Å². The van der Waals surface area contributed by atoms with Gasteiger partial charge >= 0.3 is 0 Å². The van der Waals surface area contributed by atoms with Crippen molar-refractivity contribution in [3.8, 4) is 22.5 Å². The van der Waals surface area contributed by atoms with Crippen LogP contribution in [0.1, 0.15) is 17.2 Å². The zero-order valence-corrected chi connectivity index (χ0v) is 15.3. The van der Waals surface area contributed by atoms with Crippen LogP contribution in [0.25, 0.3) is 22.5 Å². The molecular weight excluding hydrogens is 357 g/mol. The Balaban J connectivity index is 2.28. The van der Waals surface area contributed by atoms with Gasteiger partial charge in [-0.15, -0.1) is 0 Å². The van der Waals surface area contributed by atoms with Crippen molar-refractivity contribution in [2.75, 3.05) is 0 Å². The average Bonchev–Trinajstić information content (AvgIpc) is 2.79. The van der Waals surface area contributed by atoms with Crippen molar-refractivity contribution in [2.45, 2.75) is 20.3 Å². The molecule has 2 aromatic heterocycles. The van der Waals surface area contributed by atoms with Crippen molar-refractivity contribution in [2.24, 2.45) is 12.8 Å². The fourth-order valence-corrected chi connectivity index (χ4v) is 3.13. The molecule has 0 radical (unpaired) electrons. The largest absolute Gasteiger partial charge is 0.369 e.